The lowest BCUT2D eigenvalue weighted by Gasteiger charge is -2.05. The lowest BCUT2D eigenvalue weighted by Crippen LogP contribution is -1.88. The van der Waals surface area contributed by atoms with E-state index in [2.05, 4.69) is 26.8 Å². The Balaban J connectivity index is 2.02. The van der Waals surface area contributed by atoms with Crippen LogP contribution in [0.4, 0.5) is 0 Å². The highest BCUT2D eigenvalue weighted by atomic mass is 27.1. The second-order valence-electron chi connectivity index (χ2n) is 3.89. The zero-order valence-electron chi connectivity index (χ0n) is 9.98. The summed E-state index contributed by atoms with van der Waals surface area (Å²) in [5, 5.41) is 8.12. The maximum atomic E-state index is 5.69. The maximum absolute atomic E-state index is 5.69. The van der Waals surface area contributed by atoms with Crippen molar-refractivity contribution in [2.75, 3.05) is 0 Å². The molecule has 1 heterocycles. The van der Waals surface area contributed by atoms with Crippen LogP contribution in [-0.2, 0) is 0 Å². The van der Waals surface area contributed by atoms with E-state index in [0.717, 1.165) is 11.1 Å². The predicted octanol–water partition coefficient (Wildman–Crippen LogP) is 2.87. The topological polar surface area (TPSA) is 48.2 Å². The smallest absolute Gasteiger partial charge is 0.482 e. The fourth-order valence-electron chi connectivity index (χ4n) is 1.78. The Bertz CT molecular complexity index is 683. The third-order valence-electron chi connectivity index (χ3n) is 2.69. The number of hydrogen-bond donors (Lipinski definition) is 0. The van der Waals surface area contributed by atoms with Crippen molar-refractivity contribution < 1.29 is 8.21 Å². The Labute approximate surface area is 118 Å². The molecule has 0 atom stereocenters. The van der Waals surface area contributed by atoms with Crippen molar-refractivity contribution in [3.8, 4) is 28.7 Å². The minimum absolute atomic E-state index is 0.442. The fourth-order valence-corrected chi connectivity index (χ4v) is 1.98. The van der Waals surface area contributed by atoms with Gasteiger partial charge in [-0.15, -0.1) is 10.2 Å². The average Bonchev–Trinajstić information content (AvgIpc) is 2.98. The van der Waals surface area contributed by atoms with Crippen molar-refractivity contribution in [3.05, 3.63) is 54.6 Å². The molecule has 0 N–H and O–H groups in total. The van der Waals surface area contributed by atoms with Crippen LogP contribution in [0.25, 0.3) is 22.9 Å². The zero-order valence-corrected chi connectivity index (χ0v) is 11.1. The Morgan fingerprint density at radius 2 is 1.53 bits per heavy atom. The van der Waals surface area contributed by atoms with Gasteiger partial charge in [-0.3, -0.25) is 0 Å². The van der Waals surface area contributed by atoms with Gasteiger partial charge in [0.1, 0.15) is 0 Å². The van der Waals surface area contributed by atoms with Gasteiger partial charge in [0.25, 0.3) is 5.89 Å². The SMILES string of the molecule is [Al][O]c1ccccc1-c1nnc(-c2ccccc2)o1. The maximum Gasteiger partial charge on any atom is 0.482 e. The van der Waals surface area contributed by atoms with Gasteiger partial charge in [-0.2, -0.15) is 0 Å². The van der Waals surface area contributed by atoms with Crippen molar-refractivity contribution in [2.24, 2.45) is 0 Å². The van der Waals surface area contributed by atoms with Crippen molar-refractivity contribution in [2.45, 2.75) is 0 Å². The molecule has 0 aliphatic carbocycles. The molecule has 2 radical (unpaired) electrons. The van der Waals surface area contributed by atoms with Gasteiger partial charge in [0.15, 0.2) is 0 Å². The van der Waals surface area contributed by atoms with Crippen LogP contribution in [0.2, 0.25) is 0 Å². The Morgan fingerprint density at radius 3 is 2.32 bits per heavy atom. The standard InChI is InChI=1S/C14H10N2O2.Al/c17-12-9-5-4-8-11(12)14-16-15-13(18-14)10-6-2-1-3-7-10;/h1-9,17H;/q;+1/p-1. The first-order chi connectivity index (χ1) is 9.38. The van der Waals surface area contributed by atoms with Crippen LogP contribution in [0.15, 0.2) is 59.0 Å². The normalized spacial score (nSPS) is 10.3. The summed E-state index contributed by atoms with van der Waals surface area (Å²) in [7, 11) is 0. The van der Waals surface area contributed by atoms with E-state index in [1.165, 1.54) is 0 Å². The molecule has 2 aromatic carbocycles. The Hall–Kier alpha value is -2.09. The third-order valence-corrected chi connectivity index (χ3v) is 2.94. The van der Waals surface area contributed by atoms with Gasteiger partial charge < -0.3 is 8.21 Å². The largest absolute Gasteiger partial charge is 0.653 e. The summed E-state index contributed by atoms with van der Waals surface area (Å²) in [6.07, 6.45) is 0. The van der Waals surface area contributed by atoms with Crippen LogP contribution in [-0.4, -0.2) is 26.8 Å². The van der Waals surface area contributed by atoms with Gasteiger partial charge in [0, 0.05) is 5.56 Å². The van der Waals surface area contributed by atoms with Gasteiger partial charge in [0.05, 0.1) is 11.3 Å². The number of hydrogen-bond acceptors (Lipinski definition) is 4. The van der Waals surface area contributed by atoms with Gasteiger partial charge in [-0.1, -0.05) is 30.3 Å². The number of benzene rings is 2. The molecular weight excluding hydrogens is 255 g/mol. The first-order valence-corrected chi connectivity index (χ1v) is 6.20. The molecule has 1 aromatic heterocycles. The number of nitrogens with zero attached hydrogens (tertiary/aromatic N) is 2. The highest BCUT2D eigenvalue weighted by Crippen LogP contribution is 2.30. The van der Waals surface area contributed by atoms with Crippen molar-refractivity contribution in [3.63, 3.8) is 0 Å². The van der Waals surface area contributed by atoms with Crippen LogP contribution in [0.5, 0.6) is 5.75 Å². The zero-order chi connectivity index (χ0) is 13.1. The van der Waals surface area contributed by atoms with Crippen LogP contribution in [0.1, 0.15) is 0 Å². The van der Waals surface area contributed by atoms with E-state index < -0.39 is 0 Å². The second kappa shape index (κ2) is 5.27. The summed E-state index contributed by atoms with van der Waals surface area (Å²) in [5.41, 5.74) is 1.66. The molecule has 5 heteroatoms. The molecule has 0 fully saturated rings. The van der Waals surface area contributed by atoms with Crippen LogP contribution >= 0.6 is 0 Å². The van der Waals surface area contributed by atoms with E-state index in [4.69, 9.17) is 8.21 Å². The van der Waals surface area contributed by atoms with Gasteiger partial charge in [-0.25, -0.2) is 0 Å². The van der Waals surface area contributed by atoms with Crippen LogP contribution in [0.3, 0.4) is 0 Å². The predicted molar refractivity (Wildman–Crippen MR) is 71.6 cm³/mol. The summed E-state index contributed by atoms with van der Waals surface area (Å²) >= 11 is 2.22. The van der Waals surface area contributed by atoms with E-state index in [-0.39, 0.29) is 0 Å². The molecule has 90 valence electrons. The summed E-state index contributed by atoms with van der Waals surface area (Å²) in [6.45, 7) is 0. The third kappa shape index (κ3) is 2.39. The quantitative estimate of drug-likeness (QED) is 0.682. The molecule has 0 aliphatic rings. The van der Waals surface area contributed by atoms with E-state index in [9.17, 15) is 0 Å². The summed E-state index contributed by atoms with van der Waals surface area (Å²) in [4.78, 5) is 0. The monoisotopic (exact) mass is 264 g/mol. The molecule has 3 rings (SSSR count). The van der Waals surface area contributed by atoms with E-state index in [1.807, 2.05) is 54.6 Å². The number of para-hydroxylation sites is 1. The lowest BCUT2D eigenvalue weighted by molar-refractivity contribution is 0.573. The van der Waals surface area contributed by atoms with E-state index >= 15 is 0 Å². The molecule has 0 unspecified atom stereocenters. The molecule has 0 amide bonds. The second-order valence-corrected chi connectivity index (χ2v) is 4.13. The molecule has 0 saturated heterocycles. The highest BCUT2D eigenvalue weighted by molar-refractivity contribution is 6.00. The van der Waals surface area contributed by atoms with Gasteiger partial charge in [0.2, 0.25) is 5.89 Å². The number of rotatable bonds is 3. The summed E-state index contributed by atoms with van der Waals surface area (Å²) in [6, 6.07) is 17.2. The van der Waals surface area contributed by atoms with Crippen molar-refractivity contribution >= 4 is 16.6 Å². The minimum Gasteiger partial charge on any atom is -0.653 e. The molecule has 19 heavy (non-hydrogen) atoms. The van der Waals surface area contributed by atoms with Crippen LogP contribution in [0, 0.1) is 0 Å². The molecule has 0 spiro atoms. The molecular formula is C14H9AlN2O2. The van der Waals surface area contributed by atoms with E-state index in [0.29, 0.717) is 17.5 Å². The summed E-state index contributed by atoms with van der Waals surface area (Å²) < 4.78 is 10.9. The first kappa shape index (κ1) is 12.0. The molecule has 4 nitrogen and oxygen atoms in total. The molecule has 0 saturated carbocycles. The number of aromatic nitrogens is 2. The average molecular weight is 264 g/mol. The molecule has 0 bridgehead atoms. The Morgan fingerprint density at radius 1 is 0.842 bits per heavy atom. The van der Waals surface area contributed by atoms with Crippen LogP contribution < -0.4 is 3.79 Å². The minimum atomic E-state index is 0.442. The Kier molecular flexibility index (Phi) is 3.32. The van der Waals surface area contributed by atoms with E-state index in [1.54, 1.807) is 0 Å². The molecule has 3 aromatic rings. The van der Waals surface area contributed by atoms with Crippen molar-refractivity contribution in [1.82, 2.24) is 10.2 Å². The highest BCUT2D eigenvalue weighted by Gasteiger charge is 2.13. The van der Waals surface area contributed by atoms with Gasteiger partial charge in [-0.05, 0) is 24.3 Å². The first-order valence-electron chi connectivity index (χ1n) is 5.73. The molecule has 0 aliphatic heterocycles. The lowest BCUT2D eigenvalue weighted by atomic mass is 10.2. The van der Waals surface area contributed by atoms with Gasteiger partial charge >= 0.3 is 16.6 Å². The summed E-state index contributed by atoms with van der Waals surface area (Å²) in [5.74, 6) is 1.61. The van der Waals surface area contributed by atoms with Crippen molar-refractivity contribution in [1.29, 1.82) is 0 Å². The fraction of sp³-hybridized carbons (Fsp3) is 0.